The van der Waals surface area contributed by atoms with Crippen LogP contribution in [0.15, 0.2) is 23.7 Å². The molecule has 0 saturated carbocycles. The van der Waals surface area contributed by atoms with Crippen molar-refractivity contribution < 1.29 is 9.59 Å². The van der Waals surface area contributed by atoms with Gasteiger partial charge in [-0.25, -0.2) is 9.97 Å². The van der Waals surface area contributed by atoms with Gasteiger partial charge in [0.1, 0.15) is 0 Å². The average molecular weight is 287 g/mol. The summed E-state index contributed by atoms with van der Waals surface area (Å²) >= 11 is 1.66. The second-order valence-corrected chi connectivity index (χ2v) is 5.76. The van der Waals surface area contributed by atoms with Gasteiger partial charge >= 0.3 is 0 Å². The second kappa shape index (κ2) is 5.13. The molecule has 3 rings (SSSR count). The summed E-state index contributed by atoms with van der Waals surface area (Å²) < 4.78 is 0. The van der Waals surface area contributed by atoms with Gasteiger partial charge in [-0.05, 0) is 17.9 Å². The van der Waals surface area contributed by atoms with Gasteiger partial charge in [0.15, 0.2) is 5.78 Å². The third-order valence-corrected chi connectivity index (χ3v) is 4.31. The van der Waals surface area contributed by atoms with E-state index in [0.29, 0.717) is 18.4 Å². The molecule has 6 heteroatoms. The van der Waals surface area contributed by atoms with Crippen molar-refractivity contribution in [2.75, 3.05) is 5.32 Å². The first-order valence-corrected chi connectivity index (χ1v) is 7.21. The fourth-order valence-corrected chi connectivity index (χ4v) is 3.22. The first-order chi connectivity index (χ1) is 9.63. The van der Waals surface area contributed by atoms with Crippen molar-refractivity contribution in [1.29, 1.82) is 0 Å². The van der Waals surface area contributed by atoms with Crippen LogP contribution in [0.1, 0.15) is 40.2 Å². The lowest BCUT2D eigenvalue weighted by Crippen LogP contribution is -2.21. The van der Waals surface area contributed by atoms with Gasteiger partial charge < -0.3 is 0 Å². The number of carbonyl (C=O) groups is 2. The minimum Gasteiger partial charge on any atom is -0.295 e. The first kappa shape index (κ1) is 12.9. The Morgan fingerprint density at radius 1 is 1.45 bits per heavy atom. The van der Waals surface area contributed by atoms with Gasteiger partial charge in [-0.15, -0.1) is 11.3 Å². The standard InChI is InChI=1S/C14H13N3O2S/c1-8(18)16-14-15-7-10-11(17-14)5-9(6-12(10)19)13-3-2-4-20-13/h2-4,7,9H,5-6H2,1H3,(H,15,16,17,18). The van der Waals surface area contributed by atoms with Gasteiger partial charge in [0.2, 0.25) is 11.9 Å². The molecule has 0 fully saturated rings. The summed E-state index contributed by atoms with van der Waals surface area (Å²) in [4.78, 5) is 32.7. The van der Waals surface area contributed by atoms with Gasteiger partial charge in [-0.2, -0.15) is 0 Å². The number of fused-ring (bicyclic) bond motifs is 1. The van der Waals surface area contributed by atoms with E-state index in [4.69, 9.17) is 0 Å². The van der Waals surface area contributed by atoms with Crippen molar-refractivity contribution in [1.82, 2.24) is 9.97 Å². The number of ketones is 1. The fourth-order valence-electron chi connectivity index (χ4n) is 2.39. The average Bonchev–Trinajstić information content (AvgIpc) is 2.91. The smallest absolute Gasteiger partial charge is 0.229 e. The minimum absolute atomic E-state index is 0.0685. The van der Waals surface area contributed by atoms with E-state index in [0.717, 1.165) is 5.69 Å². The Kier molecular flexibility index (Phi) is 3.31. The van der Waals surface area contributed by atoms with Gasteiger partial charge in [0.25, 0.3) is 0 Å². The molecule has 0 aromatic carbocycles. The quantitative estimate of drug-likeness (QED) is 0.920. The van der Waals surface area contributed by atoms with Crippen LogP contribution in [0.4, 0.5) is 5.95 Å². The zero-order chi connectivity index (χ0) is 14.1. The summed E-state index contributed by atoms with van der Waals surface area (Å²) in [6.45, 7) is 1.41. The van der Waals surface area contributed by atoms with Gasteiger partial charge in [0, 0.05) is 30.3 Å². The topological polar surface area (TPSA) is 72.0 Å². The summed E-state index contributed by atoms with van der Waals surface area (Å²) in [5.74, 6) is 0.284. The monoisotopic (exact) mass is 287 g/mol. The Hall–Kier alpha value is -2.08. The predicted octanol–water partition coefficient (Wildman–Crippen LogP) is 2.41. The van der Waals surface area contributed by atoms with Crippen molar-refractivity contribution in [2.24, 2.45) is 0 Å². The van der Waals surface area contributed by atoms with Crippen LogP contribution in [0, 0.1) is 0 Å². The largest absolute Gasteiger partial charge is 0.295 e. The summed E-state index contributed by atoms with van der Waals surface area (Å²) in [7, 11) is 0. The highest BCUT2D eigenvalue weighted by atomic mass is 32.1. The van der Waals surface area contributed by atoms with Crippen molar-refractivity contribution in [3.63, 3.8) is 0 Å². The van der Waals surface area contributed by atoms with Gasteiger partial charge in [-0.3, -0.25) is 14.9 Å². The van der Waals surface area contributed by atoms with Crippen LogP contribution in [0.5, 0.6) is 0 Å². The van der Waals surface area contributed by atoms with Crippen LogP contribution in [-0.2, 0) is 11.2 Å². The minimum atomic E-state index is -0.220. The molecule has 5 nitrogen and oxygen atoms in total. The van der Waals surface area contributed by atoms with Crippen LogP contribution >= 0.6 is 11.3 Å². The summed E-state index contributed by atoms with van der Waals surface area (Å²) in [5, 5.41) is 4.56. The molecule has 1 unspecified atom stereocenters. The van der Waals surface area contributed by atoms with E-state index in [1.807, 2.05) is 17.5 Å². The Labute approximate surface area is 120 Å². The highest BCUT2D eigenvalue weighted by molar-refractivity contribution is 7.10. The number of hydrogen-bond acceptors (Lipinski definition) is 5. The molecule has 2 aromatic heterocycles. The Bertz CT molecular complexity index is 667. The molecule has 0 aliphatic heterocycles. The molecule has 1 aliphatic carbocycles. The summed E-state index contributed by atoms with van der Waals surface area (Å²) in [5.41, 5.74) is 1.30. The lowest BCUT2D eigenvalue weighted by molar-refractivity contribution is -0.114. The number of aromatic nitrogens is 2. The van der Waals surface area contributed by atoms with Crippen LogP contribution in [0.3, 0.4) is 0 Å². The zero-order valence-corrected chi connectivity index (χ0v) is 11.7. The second-order valence-electron chi connectivity index (χ2n) is 4.78. The third kappa shape index (κ3) is 2.46. The highest BCUT2D eigenvalue weighted by Gasteiger charge is 2.28. The number of anilines is 1. The number of nitrogens with zero attached hydrogens (tertiary/aromatic N) is 2. The van der Waals surface area contributed by atoms with Crippen LogP contribution in [0.2, 0.25) is 0 Å². The fraction of sp³-hybridized carbons (Fsp3) is 0.286. The maximum absolute atomic E-state index is 12.2. The van der Waals surface area contributed by atoms with Crippen molar-refractivity contribution in [2.45, 2.75) is 25.7 Å². The molecule has 20 heavy (non-hydrogen) atoms. The maximum Gasteiger partial charge on any atom is 0.229 e. The third-order valence-electron chi connectivity index (χ3n) is 3.27. The number of rotatable bonds is 2. The highest BCUT2D eigenvalue weighted by Crippen LogP contribution is 2.34. The molecule has 1 aliphatic rings. The Balaban J connectivity index is 1.92. The van der Waals surface area contributed by atoms with E-state index in [-0.39, 0.29) is 23.6 Å². The van der Waals surface area contributed by atoms with E-state index in [2.05, 4.69) is 15.3 Å². The van der Waals surface area contributed by atoms with Crippen molar-refractivity contribution in [3.8, 4) is 0 Å². The SMILES string of the molecule is CC(=O)Nc1ncc2c(n1)CC(c1cccs1)CC2=O. The van der Waals surface area contributed by atoms with Crippen LogP contribution in [-0.4, -0.2) is 21.7 Å². The number of hydrogen-bond donors (Lipinski definition) is 1. The lowest BCUT2D eigenvalue weighted by atomic mass is 9.86. The van der Waals surface area contributed by atoms with Crippen molar-refractivity contribution in [3.05, 3.63) is 39.8 Å². The van der Waals surface area contributed by atoms with E-state index >= 15 is 0 Å². The van der Waals surface area contributed by atoms with E-state index < -0.39 is 0 Å². The molecule has 2 heterocycles. The Morgan fingerprint density at radius 3 is 3.00 bits per heavy atom. The molecule has 102 valence electrons. The predicted molar refractivity (Wildman–Crippen MR) is 76.0 cm³/mol. The summed E-state index contributed by atoms with van der Waals surface area (Å²) in [6, 6.07) is 4.03. The lowest BCUT2D eigenvalue weighted by Gasteiger charge is -2.21. The van der Waals surface area contributed by atoms with E-state index in [1.165, 1.54) is 18.0 Å². The molecule has 0 spiro atoms. The molecule has 2 aromatic rings. The first-order valence-electron chi connectivity index (χ1n) is 6.33. The number of carbonyl (C=O) groups excluding carboxylic acids is 2. The van der Waals surface area contributed by atoms with Crippen LogP contribution in [0.25, 0.3) is 0 Å². The maximum atomic E-state index is 12.2. The Morgan fingerprint density at radius 2 is 2.30 bits per heavy atom. The molecule has 0 radical (unpaired) electrons. The normalized spacial score (nSPS) is 17.6. The number of nitrogens with one attached hydrogen (secondary N) is 1. The molecular weight excluding hydrogens is 274 g/mol. The van der Waals surface area contributed by atoms with Crippen molar-refractivity contribution >= 4 is 29.0 Å². The zero-order valence-electron chi connectivity index (χ0n) is 10.9. The van der Waals surface area contributed by atoms with Gasteiger partial charge in [0.05, 0.1) is 11.3 Å². The van der Waals surface area contributed by atoms with E-state index in [9.17, 15) is 9.59 Å². The van der Waals surface area contributed by atoms with Crippen LogP contribution < -0.4 is 5.32 Å². The van der Waals surface area contributed by atoms with E-state index in [1.54, 1.807) is 11.3 Å². The van der Waals surface area contributed by atoms with Gasteiger partial charge in [-0.1, -0.05) is 6.07 Å². The number of thiophene rings is 1. The number of Topliss-reactive ketones (excluding diaryl/α,β-unsaturated/α-hetero) is 1. The number of amides is 1. The summed E-state index contributed by atoms with van der Waals surface area (Å²) in [6.07, 6.45) is 2.72. The molecule has 1 amide bonds. The molecule has 0 bridgehead atoms. The molecule has 1 N–H and O–H groups in total. The molecule has 0 saturated heterocycles. The molecular formula is C14H13N3O2S. The molecule has 1 atom stereocenters.